The Bertz CT molecular complexity index is 679. The van der Waals surface area contributed by atoms with Crippen LogP contribution in [0.25, 0.3) is 0 Å². The molecule has 2 heterocycles. The third-order valence-corrected chi connectivity index (χ3v) is 11.5. The highest BCUT2D eigenvalue weighted by atomic mass is 32.2. The van der Waals surface area contributed by atoms with Gasteiger partial charge in [-0.15, -0.1) is 0 Å². The number of fused-ring (bicyclic) bond motifs is 1. The normalized spacial score (nSPS) is 31.1. The summed E-state index contributed by atoms with van der Waals surface area (Å²) in [4.78, 5) is 17.9. The van der Waals surface area contributed by atoms with E-state index in [1.54, 1.807) is 20.8 Å². The van der Waals surface area contributed by atoms with Crippen molar-refractivity contribution in [2.24, 2.45) is 4.99 Å². The quantitative estimate of drug-likeness (QED) is 0.632. The van der Waals surface area contributed by atoms with Crippen LogP contribution in [0.1, 0.15) is 48.5 Å². The van der Waals surface area contributed by atoms with Crippen LogP contribution in [0, 0.1) is 0 Å². The highest BCUT2D eigenvalue weighted by Crippen LogP contribution is 2.42. The molecule has 1 N–H and O–H groups in total. The predicted molar refractivity (Wildman–Crippen MR) is 120 cm³/mol. The van der Waals surface area contributed by atoms with Gasteiger partial charge in [0.05, 0.1) is 6.10 Å². The number of carbonyl (C=O) groups is 1. The van der Waals surface area contributed by atoms with Crippen LogP contribution in [0.3, 0.4) is 0 Å². The number of aliphatic hydroxyl groups is 1. The zero-order valence-electron chi connectivity index (χ0n) is 19.7. The van der Waals surface area contributed by atoms with Crippen LogP contribution in [-0.4, -0.2) is 78.2 Å². The van der Waals surface area contributed by atoms with Gasteiger partial charge in [0.1, 0.15) is 29.3 Å². The summed E-state index contributed by atoms with van der Waals surface area (Å²) in [6.45, 7) is 17.7. The number of nitrogens with zero attached hydrogens (tertiary/aromatic N) is 2. The van der Waals surface area contributed by atoms with E-state index >= 15 is 4.39 Å². The number of halogens is 1. The lowest BCUT2D eigenvalue weighted by atomic mass is 9.97. The number of hydrogen-bond donors (Lipinski definition) is 1. The smallest absolute Gasteiger partial charge is 0.416 e. The van der Waals surface area contributed by atoms with Crippen molar-refractivity contribution in [1.29, 1.82) is 0 Å². The van der Waals surface area contributed by atoms with Gasteiger partial charge in [0.15, 0.2) is 19.7 Å². The van der Waals surface area contributed by atoms with E-state index in [2.05, 4.69) is 38.9 Å². The van der Waals surface area contributed by atoms with E-state index in [4.69, 9.17) is 13.9 Å². The van der Waals surface area contributed by atoms with Gasteiger partial charge in [-0.1, -0.05) is 32.5 Å². The first-order chi connectivity index (χ1) is 13.4. The Morgan fingerprint density at radius 3 is 2.37 bits per heavy atom. The average Bonchev–Trinajstić information content (AvgIpc) is 2.98. The number of amidine groups is 1. The van der Waals surface area contributed by atoms with Gasteiger partial charge in [0, 0.05) is 7.05 Å². The molecule has 30 heavy (non-hydrogen) atoms. The molecule has 1 saturated heterocycles. The molecular formula is C20H37FN2O5SSi. The van der Waals surface area contributed by atoms with E-state index < -0.39 is 56.0 Å². The standard InChI is InChI=1S/C20H37FN2O5SSi/c1-11(28-30(9,10)20(5,6)7)15-14(24)12(21)13-16(26-15)29-17(22-13)23(8)18(25)27-19(2,3)4/h11-16,24H,1-10H3/t11-,12+,13+,14-,15+,16+/m0/s1. The minimum absolute atomic E-state index is 0.0208. The summed E-state index contributed by atoms with van der Waals surface area (Å²) in [5.74, 6) is 0. The third-order valence-electron chi connectivity index (χ3n) is 5.74. The van der Waals surface area contributed by atoms with Crippen molar-refractivity contribution in [3.63, 3.8) is 0 Å². The molecule has 1 amide bonds. The van der Waals surface area contributed by atoms with Crippen molar-refractivity contribution in [2.75, 3.05) is 7.05 Å². The van der Waals surface area contributed by atoms with Crippen LogP contribution in [0.15, 0.2) is 4.99 Å². The van der Waals surface area contributed by atoms with E-state index in [1.165, 1.54) is 23.7 Å². The Balaban J connectivity index is 2.11. The predicted octanol–water partition coefficient (Wildman–Crippen LogP) is 4.16. The molecule has 10 heteroatoms. The average molecular weight is 465 g/mol. The van der Waals surface area contributed by atoms with E-state index in [9.17, 15) is 9.90 Å². The summed E-state index contributed by atoms with van der Waals surface area (Å²) in [6.07, 6.45) is -4.84. The minimum Gasteiger partial charge on any atom is -0.443 e. The second kappa shape index (κ2) is 8.69. The zero-order valence-corrected chi connectivity index (χ0v) is 21.5. The summed E-state index contributed by atoms with van der Waals surface area (Å²) in [5, 5.41) is 10.9. The Hall–Kier alpha value is -0.683. The lowest BCUT2D eigenvalue weighted by Crippen LogP contribution is -2.58. The van der Waals surface area contributed by atoms with Crippen molar-refractivity contribution in [1.82, 2.24) is 4.90 Å². The molecule has 0 aliphatic carbocycles. The SMILES string of the molecule is C[C@H](O[Si](C)(C)C(C)(C)C)[C@H]1O[C@@H]2SC(N(C)C(=O)OC(C)(C)C)=N[C@@H]2[C@@H](F)[C@@H]1O. The number of thioether (sulfide) groups is 1. The zero-order chi connectivity index (χ0) is 23.2. The summed E-state index contributed by atoms with van der Waals surface area (Å²) < 4.78 is 32.8. The van der Waals surface area contributed by atoms with Gasteiger partial charge >= 0.3 is 6.09 Å². The van der Waals surface area contributed by atoms with Gasteiger partial charge in [0.25, 0.3) is 0 Å². The van der Waals surface area contributed by atoms with Crippen molar-refractivity contribution in [3.05, 3.63) is 0 Å². The molecule has 2 rings (SSSR count). The van der Waals surface area contributed by atoms with Gasteiger partial charge in [-0.25, -0.2) is 9.18 Å². The number of ether oxygens (including phenoxy) is 2. The fourth-order valence-corrected chi connectivity index (χ4v) is 5.59. The molecule has 2 aliphatic heterocycles. The molecule has 7 nitrogen and oxygen atoms in total. The Morgan fingerprint density at radius 2 is 1.87 bits per heavy atom. The van der Waals surface area contributed by atoms with Crippen molar-refractivity contribution in [2.45, 2.75) is 108 Å². The lowest BCUT2D eigenvalue weighted by molar-refractivity contribution is -0.162. The molecule has 2 aliphatic rings. The fraction of sp³-hybridized carbons (Fsp3) is 0.900. The Kier molecular flexibility index (Phi) is 7.41. The number of amides is 1. The van der Waals surface area contributed by atoms with Crippen LogP contribution in [0.5, 0.6) is 0 Å². The highest BCUT2D eigenvalue weighted by molar-refractivity contribution is 8.14. The molecule has 6 atom stereocenters. The monoisotopic (exact) mass is 464 g/mol. The molecule has 0 aromatic carbocycles. The number of hydrogen-bond acceptors (Lipinski definition) is 7. The molecule has 174 valence electrons. The van der Waals surface area contributed by atoms with Gasteiger partial charge in [-0.2, -0.15) is 0 Å². The molecule has 0 unspecified atom stereocenters. The Morgan fingerprint density at radius 1 is 1.30 bits per heavy atom. The first-order valence-electron chi connectivity index (χ1n) is 10.3. The summed E-state index contributed by atoms with van der Waals surface area (Å²) in [7, 11) is -0.595. The number of carbonyl (C=O) groups excluding carboxylic acids is 1. The summed E-state index contributed by atoms with van der Waals surface area (Å²) >= 11 is 1.17. The molecule has 1 fully saturated rings. The highest BCUT2D eigenvalue weighted by Gasteiger charge is 2.53. The van der Waals surface area contributed by atoms with E-state index in [1.807, 2.05) is 6.92 Å². The number of rotatable bonds is 3. The van der Waals surface area contributed by atoms with Crippen molar-refractivity contribution < 1.29 is 28.2 Å². The van der Waals surface area contributed by atoms with E-state index in [-0.39, 0.29) is 5.04 Å². The van der Waals surface area contributed by atoms with Crippen LogP contribution in [0.2, 0.25) is 18.1 Å². The van der Waals surface area contributed by atoms with Gasteiger partial charge in [-0.05, 0) is 45.8 Å². The maximum atomic E-state index is 15.1. The molecule has 0 radical (unpaired) electrons. The van der Waals surface area contributed by atoms with Crippen LogP contribution in [0.4, 0.5) is 9.18 Å². The topological polar surface area (TPSA) is 80.6 Å². The molecule has 0 aromatic heterocycles. The Labute approximate surface area is 184 Å². The van der Waals surface area contributed by atoms with Crippen LogP contribution >= 0.6 is 11.8 Å². The second-order valence-corrected chi connectivity index (χ2v) is 16.4. The molecule has 0 spiro atoms. The molecular weight excluding hydrogens is 427 g/mol. The summed E-state index contributed by atoms with van der Waals surface area (Å²) in [5.41, 5.74) is -1.29. The maximum absolute atomic E-state index is 15.1. The lowest BCUT2D eigenvalue weighted by Gasteiger charge is -2.44. The first kappa shape index (κ1) is 25.6. The van der Waals surface area contributed by atoms with Gasteiger partial charge < -0.3 is 19.0 Å². The number of aliphatic hydroxyl groups excluding tert-OH is 1. The minimum atomic E-state index is -2.12. The van der Waals surface area contributed by atoms with Crippen molar-refractivity contribution >= 4 is 31.3 Å². The van der Waals surface area contributed by atoms with Gasteiger partial charge in [0.2, 0.25) is 0 Å². The summed E-state index contributed by atoms with van der Waals surface area (Å²) in [6, 6.07) is -0.888. The number of aliphatic imine (C=N–C) groups is 1. The molecule has 0 aromatic rings. The van der Waals surface area contributed by atoms with E-state index in [0.29, 0.717) is 5.17 Å². The fourth-order valence-electron chi connectivity index (χ4n) is 3.01. The van der Waals surface area contributed by atoms with Crippen LogP contribution < -0.4 is 0 Å². The maximum Gasteiger partial charge on any atom is 0.416 e. The van der Waals surface area contributed by atoms with E-state index in [0.717, 1.165) is 0 Å². The molecule has 0 bridgehead atoms. The van der Waals surface area contributed by atoms with Gasteiger partial charge in [-0.3, -0.25) is 9.89 Å². The first-order valence-corrected chi connectivity index (χ1v) is 14.1. The number of alkyl halides is 1. The molecule has 0 saturated carbocycles. The second-order valence-electron chi connectivity index (χ2n) is 10.5. The van der Waals surface area contributed by atoms with Crippen LogP contribution in [-0.2, 0) is 13.9 Å². The van der Waals surface area contributed by atoms with Crippen molar-refractivity contribution in [3.8, 4) is 0 Å². The third kappa shape index (κ3) is 5.56. The largest absolute Gasteiger partial charge is 0.443 e.